The molecule has 0 N–H and O–H groups in total. The third-order valence-electron chi connectivity index (χ3n) is 12.1. The van der Waals surface area contributed by atoms with Gasteiger partial charge in [-0.05, 0) is 97.7 Å². The van der Waals surface area contributed by atoms with Gasteiger partial charge < -0.3 is 9.80 Å². The van der Waals surface area contributed by atoms with Crippen LogP contribution in [0, 0.1) is 25.7 Å². The van der Waals surface area contributed by atoms with Gasteiger partial charge in [0.25, 0.3) is 6.71 Å². The van der Waals surface area contributed by atoms with Crippen molar-refractivity contribution in [3.05, 3.63) is 95.6 Å². The van der Waals surface area contributed by atoms with Crippen molar-refractivity contribution in [1.29, 1.82) is 0 Å². The highest BCUT2D eigenvalue weighted by Crippen LogP contribution is 2.64. The molecule has 3 heterocycles. The lowest BCUT2D eigenvalue weighted by Crippen LogP contribution is -2.65. The average Bonchev–Trinajstić information content (AvgIpc) is 3.18. The van der Waals surface area contributed by atoms with Crippen LogP contribution in [0.25, 0.3) is 0 Å². The maximum atomic E-state index is 2.87. The van der Waals surface area contributed by atoms with Crippen molar-refractivity contribution in [2.24, 2.45) is 11.8 Å². The maximum absolute atomic E-state index is 2.87. The third kappa shape index (κ3) is 2.95. The molecule has 4 atom stereocenters. The number of para-hydroxylation sites is 1. The van der Waals surface area contributed by atoms with Crippen LogP contribution in [0.2, 0.25) is 0 Å². The average molecular weight is 535 g/mol. The standard InChI is InChI=1S/C38H39BN2/c1-24-15-18-28(19-16-24)40-32-20-17-25(2)21-31(32)39-30-12-7-11-29-36(30)41(34-14-8-13-33(40)35(34)39)38(4)23-27-10-6-5-9-26(27)22-37(29,38)3/h7-8,11-21,26-27H,5-6,9-10,22-23H2,1-4H3. The first-order chi connectivity index (χ1) is 19.9. The summed E-state index contributed by atoms with van der Waals surface area (Å²) in [6, 6.07) is 30.7. The fraction of sp³-hybridized carbons (Fsp3) is 0.368. The number of benzene rings is 4. The summed E-state index contributed by atoms with van der Waals surface area (Å²) in [5, 5.41) is 0. The van der Waals surface area contributed by atoms with Crippen LogP contribution < -0.4 is 26.2 Å². The Morgan fingerprint density at radius 3 is 2.22 bits per heavy atom. The molecule has 0 bridgehead atoms. The van der Waals surface area contributed by atoms with E-state index in [4.69, 9.17) is 0 Å². The molecule has 4 aromatic carbocycles. The second kappa shape index (κ2) is 8.09. The van der Waals surface area contributed by atoms with Crippen molar-refractivity contribution in [3.8, 4) is 0 Å². The van der Waals surface area contributed by atoms with Gasteiger partial charge in [0.1, 0.15) is 0 Å². The zero-order valence-electron chi connectivity index (χ0n) is 24.9. The molecule has 0 saturated heterocycles. The molecule has 5 aliphatic rings. The highest BCUT2D eigenvalue weighted by atomic mass is 15.3. The highest BCUT2D eigenvalue weighted by Gasteiger charge is 2.64. The molecule has 0 amide bonds. The molecule has 4 unspecified atom stereocenters. The molecule has 0 spiro atoms. The summed E-state index contributed by atoms with van der Waals surface area (Å²) in [5.41, 5.74) is 15.8. The van der Waals surface area contributed by atoms with E-state index in [2.05, 4.69) is 116 Å². The van der Waals surface area contributed by atoms with Crippen molar-refractivity contribution in [2.45, 2.75) is 77.2 Å². The zero-order chi connectivity index (χ0) is 27.7. The van der Waals surface area contributed by atoms with Gasteiger partial charge in [-0.3, -0.25) is 0 Å². The predicted molar refractivity (Wildman–Crippen MR) is 174 cm³/mol. The number of aryl methyl sites for hydroxylation is 2. The first kappa shape index (κ1) is 24.2. The number of anilines is 5. The van der Waals surface area contributed by atoms with Crippen molar-refractivity contribution < 1.29 is 0 Å². The van der Waals surface area contributed by atoms with Crippen LogP contribution in [-0.2, 0) is 5.41 Å². The summed E-state index contributed by atoms with van der Waals surface area (Å²) in [5.74, 6) is 1.72. The van der Waals surface area contributed by atoms with Crippen LogP contribution in [0.1, 0.15) is 69.1 Å². The Balaban J connectivity index is 1.34. The summed E-state index contributed by atoms with van der Waals surface area (Å²) in [6.45, 7) is 9.93. The fourth-order valence-corrected chi connectivity index (χ4v) is 10.1. The third-order valence-corrected chi connectivity index (χ3v) is 12.1. The van der Waals surface area contributed by atoms with E-state index in [0.29, 0.717) is 0 Å². The predicted octanol–water partition coefficient (Wildman–Crippen LogP) is 7.68. The van der Waals surface area contributed by atoms with E-state index >= 15 is 0 Å². The molecule has 2 aliphatic carbocycles. The second-order valence-corrected chi connectivity index (χ2v) is 14.3. The molecule has 3 heteroatoms. The summed E-state index contributed by atoms with van der Waals surface area (Å²) in [7, 11) is 0. The van der Waals surface area contributed by atoms with Gasteiger partial charge in [-0.25, -0.2) is 0 Å². The maximum Gasteiger partial charge on any atom is 0.252 e. The van der Waals surface area contributed by atoms with Crippen molar-refractivity contribution in [3.63, 3.8) is 0 Å². The quantitative estimate of drug-likeness (QED) is 0.204. The smallest absolute Gasteiger partial charge is 0.252 e. The lowest BCUT2D eigenvalue weighted by Gasteiger charge is -2.57. The fourth-order valence-electron chi connectivity index (χ4n) is 10.1. The van der Waals surface area contributed by atoms with Crippen LogP contribution in [0.4, 0.5) is 28.4 Å². The summed E-state index contributed by atoms with van der Waals surface area (Å²) in [6.07, 6.45) is 8.30. The molecule has 0 aromatic heterocycles. The van der Waals surface area contributed by atoms with Crippen LogP contribution in [0.3, 0.4) is 0 Å². The Hall–Kier alpha value is -3.46. The lowest BCUT2D eigenvalue weighted by molar-refractivity contribution is 0.0581. The molecule has 0 radical (unpaired) electrons. The Morgan fingerprint density at radius 1 is 0.707 bits per heavy atom. The number of rotatable bonds is 1. The number of hydrogen-bond acceptors (Lipinski definition) is 2. The molecular weight excluding hydrogens is 495 g/mol. The van der Waals surface area contributed by atoms with Crippen LogP contribution >= 0.6 is 0 Å². The van der Waals surface area contributed by atoms with Gasteiger partial charge in [0.05, 0.1) is 5.54 Å². The van der Waals surface area contributed by atoms with Gasteiger partial charge in [0.2, 0.25) is 0 Å². The topological polar surface area (TPSA) is 6.48 Å². The summed E-state index contributed by atoms with van der Waals surface area (Å²) >= 11 is 0. The van der Waals surface area contributed by atoms with E-state index in [9.17, 15) is 0 Å². The molecule has 9 rings (SSSR count). The van der Waals surface area contributed by atoms with Gasteiger partial charge in [-0.1, -0.05) is 92.3 Å². The summed E-state index contributed by atoms with van der Waals surface area (Å²) < 4.78 is 0. The van der Waals surface area contributed by atoms with Crippen molar-refractivity contribution >= 4 is 51.5 Å². The van der Waals surface area contributed by atoms with E-state index in [1.165, 1.54) is 94.5 Å². The minimum absolute atomic E-state index is 0.0750. The molecule has 204 valence electrons. The van der Waals surface area contributed by atoms with Crippen LogP contribution in [0.15, 0.2) is 78.9 Å². The Bertz CT molecular complexity index is 1740. The van der Waals surface area contributed by atoms with E-state index in [0.717, 1.165) is 11.8 Å². The van der Waals surface area contributed by atoms with Crippen LogP contribution in [-0.4, -0.2) is 12.3 Å². The van der Waals surface area contributed by atoms with E-state index in [1.807, 2.05) is 0 Å². The molecule has 2 nitrogen and oxygen atoms in total. The molecule has 2 fully saturated rings. The molecule has 4 aromatic rings. The lowest BCUT2D eigenvalue weighted by atomic mass is 9.33. The second-order valence-electron chi connectivity index (χ2n) is 14.3. The SMILES string of the molecule is Cc1ccc(N2c3ccc(C)cc3B3c4cccc5c4N(c4cccc2c43)C2(C)CC3CCCCC3CC52C)cc1. The van der Waals surface area contributed by atoms with Gasteiger partial charge in [-0.2, -0.15) is 0 Å². The zero-order valence-corrected chi connectivity index (χ0v) is 24.9. The Labute approximate surface area is 245 Å². The Morgan fingerprint density at radius 2 is 1.41 bits per heavy atom. The van der Waals surface area contributed by atoms with Crippen molar-refractivity contribution in [2.75, 3.05) is 9.80 Å². The van der Waals surface area contributed by atoms with Crippen molar-refractivity contribution in [1.82, 2.24) is 0 Å². The van der Waals surface area contributed by atoms with E-state index in [1.54, 1.807) is 5.56 Å². The van der Waals surface area contributed by atoms with E-state index in [-0.39, 0.29) is 17.7 Å². The minimum atomic E-state index is 0.0750. The van der Waals surface area contributed by atoms with Gasteiger partial charge in [-0.15, -0.1) is 0 Å². The van der Waals surface area contributed by atoms with Gasteiger partial charge in [0.15, 0.2) is 0 Å². The normalized spacial score (nSPS) is 28.4. The molecule has 41 heavy (non-hydrogen) atoms. The first-order valence-electron chi connectivity index (χ1n) is 15.9. The van der Waals surface area contributed by atoms with Gasteiger partial charge >= 0.3 is 0 Å². The number of fused-ring (bicyclic) bond motifs is 8. The Kier molecular flexibility index (Phi) is 4.77. The summed E-state index contributed by atoms with van der Waals surface area (Å²) in [4.78, 5) is 5.40. The number of hydrogen-bond donors (Lipinski definition) is 0. The first-order valence-corrected chi connectivity index (χ1v) is 15.9. The van der Waals surface area contributed by atoms with Gasteiger partial charge in [0, 0.05) is 33.9 Å². The molecular formula is C38H39BN2. The molecule has 3 aliphatic heterocycles. The minimum Gasteiger partial charge on any atom is -0.335 e. The van der Waals surface area contributed by atoms with Crippen LogP contribution in [0.5, 0.6) is 0 Å². The monoisotopic (exact) mass is 534 g/mol. The highest BCUT2D eigenvalue weighted by molar-refractivity contribution is 7.00. The van der Waals surface area contributed by atoms with E-state index < -0.39 is 0 Å². The molecule has 2 saturated carbocycles. The largest absolute Gasteiger partial charge is 0.335 e. The number of nitrogens with zero attached hydrogens (tertiary/aromatic N) is 2.